The summed E-state index contributed by atoms with van der Waals surface area (Å²) in [7, 11) is -3.86. The lowest BCUT2D eigenvalue weighted by Gasteiger charge is -2.43. The number of amides is 1. The van der Waals surface area contributed by atoms with Gasteiger partial charge in [0.25, 0.3) is 0 Å². The summed E-state index contributed by atoms with van der Waals surface area (Å²) in [5.74, 6) is 2.02. The van der Waals surface area contributed by atoms with Gasteiger partial charge in [0.2, 0.25) is 5.91 Å². The van der Waals surface area contributed by atoms with Gasteiger partial charge in [0.15, 0.2) is 9.84 Å². The highest BCUT2D eigenvalue weighted by molar-refractivity contribution is 7.92. The monoisotopic (exact) mass is 497 g/mol. The Bertz CT molecular complexity index is 910. The molecule has 0 aliphatic heterocycles. The number of aromatic nitrogens is 1. The van der Waals surface area contributed by atoms with Crippen LogP contribution in [0.2, 0.25) is 0 Å². The molecule has 0 saturated carbocycles. The van der Waals surface area contributed by atoms with Crippen LogP contribution in [0.5, 0.6) is 0 Å². The Kier molecular flexibility index (Phi) is 10.7. The summed E-state index contributed by atoms with van der Waals surface area (Å²) in [5, 5.41) is 0. The SMILES string of the molecule is CC(C)C[C@@H](C(=O)NN)[C@@H](C(=O)OC(C)(C)C)C(CCc1cccnc1)(CC(C)C)S(C)(=O)=O. The number of aryl methyl sites for hydroxylation is 1. The van der Waals surface area contributed by atoms with Crippen molar-refractivity contribution >= 4 is 21.7 Å². The van der Waals surface area contributed by atoms with E-state index in [1.807, 2.05) is 33.8 Å². The average molecular weight is 498 g/mol. The van der Waals surface area contributed by atoms with E-state index in [2.05, 4.69) is 10.4 Å². The van der Waals surface area contributed by atoms with Crippen molar-refractivity contribution in [3.63, 3.8) is 0 Å². The van der Waals surface area contributed by atoms with Gasteiger partial charge in [-0.1, -0.05) is 33.8 Å². The molecule has 1 aromatic heterocycles. The van der Waals surface area contributed by atoms with Gasteiger partial charge in [0.1, 0.15) is 5.60 Å². The Morgan fingerprint density at radius 2 is 1.76 bits per heavy atom. The van der Waals surface area contributed by atoms with Crippen LogP contribution in [0.25, 0.3) is 0 Å². The molecular formula is C25H43N3O5S. The van der Waals surface area contributed by atoms with Gasteiger partial charge in [0, 0.05) is 18.6 Å². The second-order valence-corrected chi connectivity index (χ2v) is 13.4. The number of hydrogen-bond acceptors (Lipinski definition) is 7. The minimum Gasteiger partial charge on any atom is -0.460 e. The van der Waals surface area contributed by atoms with E-state index in [9.17, 15) is 18.0 Å². The number of hydrazine groups is 1. The first-order valence-electron chi connectivity index (χ1n) is 11.9. The molecule has 0 bridgehead atoms. The Balaban J connectivity index is 3.84. The molecule has 0 aromatic carbocycles. The van der Waals surface area contributed by atoms with Crippen molar-refractivity contribution in [2.24, 2.45) is 29.5 Å². The van der Waals surface area contributed by atoms with E-state index < -0.39 is 43.9 Å². The Morgan fingerprint density at radius 3 is 2.18 bits per heavy atom. The van der Waals surface area contributed by atoms with Gasteiger partial charge in [-0.2, -0.15) is 0 Å². The number of sulfone groups is 1. The molecule has 1 rings (SSSR count). The van der Waals surface area contributed by atoms with E-state index in [0.717, 1.165) is 11.8 Å². The highest BCUT2D eigenvalue weighted by atomic mass is 32.2. The number of nitrogens with two attached hydrogens (primary N) is 1. The van der Waals surface area contributed by atoms with Gasteiger partial charge >= 0.3 is 5.97 Å². The summed E-state index contributed by atoms with van der Waals surface area (Å²) in [6.45, 7) is 12.8. The molecule has 1 heterocycles. The fourth-order valence-electron chi connectivity index (χ4n) is 4.67. The van der Waals surface area contributed by atoms with E-state index in [1.165, 1.54) is 0 Å². The average Bonchev–Trinajstić information content (AvgIpc) is 2.68. The third-order valence-electron chi connectivity index (χ3n) is 5.89. The predicted octanol–water partition coefficient (Wildman–Crippen LogP) is 3.45. The smallest absolute Gasteiger partial charge is 0.311 e. The van der Waals surface area contributed by atoms with E-state index in [-0.39, 0.29) is 31.1 Å². The highest BCUT2D eigenvalue weighted by Gasteiger charge is 2.56. The maximum Gasteiger partial charge on any atom is 0.311 e. The van der Waals surface area contributed by atoms with Crippen LogP contribution in [0, 0.1) is 23.7 Å². The number of rotatable bonds is 12. The van der Waals surface area contributed by atoms with Crippen LogP contribution in [0.1, 0.15) is 73.3 Å². The van der Waals surface area contributed by atoms with Gasteiger partial charge in [-0.3, -0.25) is 20.0 Å². The lowest BCUT2D eigenvalue weighted by atomic mass is 9.71. The van der Waals surface area contributed by atoms with E-state index in [1.54, 1.807) is 39.2 Å². The molecule has 0 spiro atoms. The van der Waals surface area contributed by atoms with Gasteiger partial charge in [-0.15, -0.1) is 0 Å². The second-order valence-electron chi connectivity index (χ2n) is 11.1. The van der Waals surface area contributed by atoms with Crippen LogP contribution in [-0.4, -0.2) is 41.9 Å². The van der Waals surface area contributed by atoms with Crippen LogP contribution in [-0.2, 0) is 30.6 Å². The number of carbonyl (C=O) groups is 2. The third kappa shape index (κ3) is 8.34. The zero-order valence-electron chi connectivity index (χ0n) is 21.9. The first kappa shape index (κ1) is 30.0. The molecule has 0 radical (unpaired) electrons. The van der Waals surface area contributed by atoms with Gasteiger partial charge in [0.05, 0.1) is 16.6 Å². The van der Waals surface area contributed by atoms with E-state index in [0.29, 0.717) is 6.42 Å². The molecule has 194 valence electrons. The maximum atomic E-state index is 13.8. The topological polar surface area (TPSA) is 128 Å². The molecule has 9 heteroatoms. The Hall–Kier alpha value is -2.00. The van der Waals surface area contributed by atoms with Gasteiger partial charge in [-0.05, 0) is 69.9 Å². The summed E-state index contributed by atoms with van der Waals surface area (Å²) in [6, 6.07) is 3.66. The number of pyridine rings is 1. The molecule has 34 heavy (non-hydrogen) atoms. The molecule has 0 aliphatic carbocycles. The maximum absolute atomic E-state index is 13.8. The lowest BCUT2D eigenvalue weighted by molar-refractivity contribution is -0.166. The van der Waals surface area contributed by atoms with Crippen molar-refractivity contribution in [1.29, 1.82) is 0 Å². The Labute approximate surface area is 205 Å². The number of esters is 1. The minimum absolute atomic E-state index is 0.0156. The van der Waals surface area contributed by atoms with E-state index >= 15 is 0 Å². The zero-order valence-corrected chi connectivity index (χ0v) is 22.7. The first-order chi connectivity index (χ1) is 15.5. The molecule has 0 saturated heterocycles. The number of hydrogen-bond donors (Lipinski definition) is 2. The van der Waals surface area contributed by atoms with Crippen molar-refractivity contribution in [2.75, 3.05) is 6.26 Å². The van der Waals surface area contributed by atoms with Crippen LogP contribution < -0.4 is 11.3 Å². The van der Waals surface area contributed by atoms with Crippen molar-refractivity contribution in [3.05, 3.63) is 30.1 Å². The zero-order chi connectivity index (χ0) is 26.3. The van der Waals surface area contributed by atoms with Gasteiger partial charge in [-0.25, -0.2) is 14.3 Å². The lowest BCUT2D eigenvalue weighted by Crippen LogP contribution is -2.57. The van der Waals surface area contributed by atoms with Crippen molar-refractivity contribution in [1.82, 2.24) is 10.4 Å². The summed E-state index contributed by atoms with van der Waals surface area (Å²) >= 11 is 0. The highest BCUT2D eigenvalue weighted by Crippen LogP contribution is 2.44. The van der Waals surface area contributed by atoms with Crippen molar-refractivity contribution in [3.8, 4) is 0 Å². The molecule has 0 fully saturated rings. The minimum atomic E-state index is -3.86. The summed E-state index contributed by atoms with van der Waals surface area (Å²) < 4.78 is 31.5. The molecular weight excluding hydrogens is 454 g/mol. The molecule has 3 atom stereocenters. The Morgan fingerprint density at radius 1 is 1.15 bits per heavy atom. The first-order valence-corrected chi connectivity index (χ1v) is 13.7. The van der Waals surface area contributed by atoms with Crippen LogP contribution >= 0.6 is 0 Å². The fraction of sp³-hybridized carbons (Fsp3) is 0.720. The largest absolute Gasteiger partial charge is 0.460 e. The molecule has 1 amide bonds. The quantitative estimate of drug-likeness (QED) is 0.196. The summed E-state index contributed by atoms with van der Waals surface area (Å²) in [6.07, 6.45) is 5.50. The van der Waals surface area contributed by atoms with E-state index in [4.69, 9.17) is 10.6 Å². The summed E-state index contributed by atoms with van der Waals surface area (Å²) in [4.78, 5) is 30.9. The number of carbonyl (C=O) groups excluding carboxylic acids is 2. The third-order valence-corrected chi connectivity index (χ3v) is 7.99. The molecule has 1 unspecified atom stereocenters. The summed E-state index contributed by atoms with van der Waals surface area (Å²) in [5.41, 5.74) is 2.16. The molecule has 8 nitrogen and oxygen atoms in total. The van der Waals surface area contributed by atoms with Crippen molar-refractivity contribution in [2.45, 2.75) is 84.5 Å². The molecule has 0 aliphatic rings. The predicted molar refractivity (Wildman–Crippen MR) is 134 cm³/mol. The van der Waals surface area contributed by atoms with Crippen LogP contribution in [0.3, 0.4) is 0 Å². The fourth-order valence-corrected chi connectivity index (χ4v) is 6.50. The second kappa shape index (κ2) is 12.1. The normalized spacial score (nSPS) is 16.1. The number of ether oxygens (including phenoxy) is 1. The van der Waals surface area contributed by atoms with Crippen LogP contribution in [0.15, 0.2) is 24.5 Å². The molecule has 1 aromatic rings. The van der Waals surface area contributed by atoms with Gasteiger partial charge < -0.3 is 4.74 Å². The molecule has 3 N–H and O–H groups in total. The van der Waals surface area contributed by atoms with Crippen molar-refractivity contribution < 1.29 is 22.7 Å². The van der Waals surface area contributed by atoms with Crippen LogP contribution in [0.4, 0.5) is 0 Å². The number of nitrogens with zero attached hydrogens (tertiary/aromatic N) is 1. The standard InChI is InChI=1S/C25H43N3O5S/c1-17(2)14-20(22(29)28-26)21(23(30)33-24(5,6)7)25(15-18(3)4,34(8,31)32)12-11-19-10-9-13-27-16-19/h9-10,13,16-18,20-21H,11-12,14-15,26H2,1-8H3,(H,28,29)/t20-,21+,25?/m1/s1. The number of nitrogens with one attached hydrogen (secondary N) is 1.